The van der Waals surface area contributed by atoms with Crippen molar-refractivity contribution in [2.75, 3.05) is 5.32 Å². The molecule has 0 saturated heterocycles. The van der Waals surface area contributed by atoms with Gasteiger partial charge < -0.3 is 10.4 Å². The summed E-state index contributed by atoms with van der Waals surface area (Å²) in [6.45, 7) is -0.232. The molecule has 2 N–H and O–H groups in total. The number of aliphatic carboxylic acids is 1. The van der Waals surface area contributed by atoms with Crippen molar-refractivity contribution in [3.8, 4) is 0 Å². The lowest BCUT2D eigenvalue weighted by molar-refractivity contribution is -0.137. The van der Waals surface area contributed by atoms with Crippen LogP contribution in [0.25, 0.3) is 0 Å². The number of benzene rings is 1. The Bertz CT molecular complexity index is 728. The van der Waals surface area contributed by atoms with E-state index in [9.17, 15) is 9.59 Å². The van der Waals surface area contributed by atoms with Gasteiger partial charge in [-0.05, 0) is 30.0 Å². The molecule has 0 aliphatic heterocycles. The fraction of sp³-hybridized carbons (Fsp3) is 0.267. The Hall–Kier alpha value is -2.34. The Kier molecular flexibility index (Phi) is 3.85. The number of rotatable bonds is 5. The summed E-state index contributed by atoms with van der Waals surface area (Å²) in [5, 5.41) is 16.1. The molecule has 0 bridgehead atoms. The quantitative estimate of drug-likeness (QED) is 0.886. The molecule has 3 rings (SSSR count). The van der Waals surface area contributed by atoms with Crippen LogP contribution in [0, 0.1) is 5.92 Å². The lowest BCUT2D eigenvalue weighted by Gasteiger charge is -2.02. The highest BCUT2D eigenvalue weighted by atomic mass is 35.5. The fourth-order valence-corrected chi connectivity index (χ4v) is 2.66. The van der Waals surface area contributed by atoms with Crippen molar-refractivity contribution in [3.63, 3.8) is 0 Å². The zero-order valence-corrected chi connectivity index (χ0v) is 12.3. The average Bonchev–Trinajstić information content (AvgIpc) is 3.15. The molecule has 1 heterocycles. The Morgan fingerprint density at radius 2 is 2.23 bits per heavy atom. The molecule has 6 nitrogen and oxygen atoms in total. The Labute approximate surface area is 131 Å². The van der Waals surface area contributed by atoms with Gasteiger partial charge in [0.15, 0.2) is 5.82 Å². The van der Waals surface area contributed by atoms with Gasteiger partial charge in [0.05, 0.1) is 0 Å². The summed E-state index contributed by atoms with van der Waals surface area (Å²) in [5.41, 5.74) is 1.06. The zero-order chi connectivity index (χ0) is 15.7. The van der Waals surface area contributed by atoms with E-state index in [0.717, 1.165) is 12.0 Å². The molecule has 1 aliphatic carbocycles. The molecule has 0 radical (unpaired) electrons. The predicted molar refractivity (Wildman–Crippen MR) is 80.8 cm³/mol. The van der Waals surface area contributed by atoms with Gasteiger partial charge in [-0.3, -0.25) is 14.3 Å². The number of nitrogens with zero attached hydrogens (tertiary/aromatic N) is 2. The largest absolute Gasteiger partial charge is 0.480 e. The summed E-state index contributed by atoms with van der Waals surface area (Å²) >= 11 is 5.96. The third kappa shape index (κ3) is 3.28. The van der Waals surface area contributed by atoms with Crippen LogP contribution < -0.4 is 5.32 Å². The van der Waals surface area contributed by atoms with Gasteiger partial charge in [0.25, 0.3) is 0 Å². The number of hydrogen-bond acceptors (Lipinski definition) is 3. The summed E-state index contributed by atoms with van der Waals surface area (Å²) in [4.78, 5) is 22.8. The number of carbonyl (C=O) groups is 2. The van der Waals surface area contributed by atoms with E-state index < -0.39 is 5.97 Å². The number of anilines is 1. The van der Waals surface area contributed by atoms with Crippen LogP contribution in [0.4, 0.5) is 5.82 Å². The zero-order valence-electron chi connectivity index (χ0n) is 11.6. The van der Waals surface area contributed by atoms with E-state index in [4.69, 9.17) is 16.7 Å². The van der Waals surface area contributed by atoms with Crippen LogP contribution in [-0.2, 0) is 16.1 Å². The number of carboxylic acids is 1. The molecule has 2 aromatic rings. The molecule has 1 amide bonds. The molecule has 1 fully saturated rings. The first kappa shape index (κ1) is 14.6. The minimum Gasteiger partial charge on any atom is -0.480 e. The van der Waals surface area contributed by atoms with Gasteiger partial charge >= 0.3 is 5.97 Å². The first-order valence-electron chi connectivity index (χ1n) is 6.84. The maximum Gasteiger partial charge on any atom is 0.325 e. The van der Waals surface area contributed by atoms with Crippen molar-refractivity contribution in [1.29, 1.82) is 0 Å². The van der Waals surface area contributed by atoms with E-state index >= 15 is 0 Å². The van der Waals surface area contributed by atoms with E-state index in [1.165, 1.54) is 10.9 Å². The lowest BCUT2D eigenvalue weighted by atomic mass is 10.1. The smallest absolute Gasteiger partial charge is 0.325 e. The van der Waals surface area contributed by atoms with Crippen molar-refractivity contribution in [3.05, 3.63) is 47.1 Å². The second-order valence-electron chi connectivity index (χ2n) is 5.29. The van der Waals surface area contributed by atoms with Crippen molar-refractivity contribution in [2.24, 2.45) is 5.92 Å². The maximum absolute atomic E-state index is 12.2. The minimum atomic E-state index is -0.982. The summed E-state index contributed by atoms with van der Waals surface area (Å²) in [6, 6.07) is 9.10. The number of carbonyl (C=O) groups excluding carboxylic acids is 1. The second-order valence-corrected chi connectivity index (χ2v) is 5.72. The van der Waals surface area contributed by atoms with Crippen LogP contribution in [0.1, 0.15) is 17.9 Å². The van der Waals surface area contributed by atoms with Gasteiger partial charge in [0, 0.05) is 23.2 Å². The monoisotopic (exact) mass is 319 g/mol. The number of amides is 1. The number of hydrogen-bond donors (Lipinski definition) is 2. The van der Waals surface area contributed by atoms with E-state index in [1.54, 1.807) is 12.1 Å². The van der Waals surface area contributed by atoms with Crippen molar-refractivity contribution in [1.82, 2.24) is 9.78 Å². The van der Waals surface area contributed by atoms with Crippen LogP contribution in [-0.4, -0.2) is 26.8 Å². The van der Waals surface area contributed by atoms with Gasteiger partial charge in [0.1, 0.15) is 6.54 Å². The molecule has 1 saturated carbocycles. The van der Waals surface area contributed by atoms with Crippen LogP contribution in [0.3, 0.4) is 0 Å². The summed E-state index contributed by atoms with van der Waals surface area (Å²) < 4.78 is 1.26. The number of carboxylic acid groups (broad SMARTS) is 1. The van der Waals surface area contributed by atoms with Gasteiger partial charge in [-0.2, -0.15) is 5.10 Å². The topological polar surface area (TPSA) is 84.2 Å². The van der Waals surface area contributed by atoms with Gasteiger partial charge in [0.2, 0.25) is 5.91 Å². The molecular formula is C15H14ClN3O3. The molecule has 2 unspecified atom stereocenters. The van der Waals surface area contributed by atoms with Crippen LogP contribution >= 0.6 is 11.6 Å². The molecule has 7 heteroatoms. The van der Waals surface area contributed by atoms with E-state index in [0.29, 0.717) is 10.8 Å². The highest BCUT2D eigenvalue weighted by Gasteiger charge is 2.44. The SMILES string of the molecule is O=C(O)Cn1ccc(NC(=O)C2CC2c2cccc(Cl)c2)n1. The minimum absolute atomic E-state index is 0.0944. The highest BCUT2D eigenvalue weighted by Crippen LogP contribution is 2.48. The molecule has 0 spiro atoms. The van der Waals surface area contributed by atoms with Crippen LogP contribution in [0.15, 0.2) is 36.5 Å². The normalized spacial score (nSPS) is 19.7. The van der Waals surface area contributed by atoms with Crippen molar-refractivity contribution >= 4 is 29.3 Å². The van der Waals surface area contributed by atoms with Gasteiger partial charge in [-0.15, -0.1) is 0 Å². The summed E-state index contributed by atoms with van der Waals surface area (Å²) in [7, 11) is 0. The lowest BCUT2D eigenvalue weighted by Crippen LogP contribution is -2.16. The number of nitrogens with one attached hydrogen (secondary N) is 1. The third-order valence-corrected chi connectivity index (χ3v) is 3.83. The third-order valence-electron chi connectivity index (χ3n) is 3.59. The first-order chi connectivity index (χ1) is 10.5. The van der Waals surface area contributed by atoms with E-state index in [1.807, 2.05) is 18.2 Å². The average molecular weight is 320 g/mol. The molecule has 1 aliphatic rings. The Morgan fingerprint density at radius 1 is 1.41 bits per heavy atom. The van der Waals surface area contributed by atoms with E-state index in [-0.39, 0.29) is 24.3 Å². The van der Waals surface area contributed by atoms with Crippen LogP contribution in [0.2, 0.25) is 5.02 Å². The second kappa shape index (κ2) is 5.81. The molecule has 1 aromatic heterocycles. The van der Waals surface area contributed by atoms with Crippen LogP contribution in [0.5, 0.6) is 0 Å². The maximum atomic E-state index is 12.2. The number of halogens is 1. The summed E-state index contributed by atoms with van der Waals surface area (Å²) in [6.07, 6.45) is 2.30. The molecule has 1 aromatic carbocycles. The number of aromatic nitrogens is 2. The van der Waals surface area contributed by atoms with Crippen molar-refractivity contribution < 1.29 is 14.7 Å². The van der Waals surface area contributed by atoms with Gasteiger partial charge in [-0.25, -0.2) is 0 Å². The Morgan fingerprint density at radius 3 is 2.95 bits per heavy atom. The predicted octanol–water partition coefficient (Wildman–Crippen LogP) is 2.36. The fourth-order valence-electron chi connectivity index (χ4n) is 2.46. The van der Waals surface area contributed by atoms with E-state index in [2.05, 4.69) is 10.4 Å². The first-order valence-corrected chi connectivity index (χ1v) is 7.22. The highest BCUT2D eigenvalue weighted by molar-refractivity contribution is 6.30. The molecule has 22 heavy (non-hydrogen) atoms. The molecular weight excluding hydrogens is 306 g/mol. The summed E-state index contributed by atoms with van der Waals surface area (Å²) in [5.74, 6) is -0.638. The van der Waals surface area contributed by atoms with Gasteiger partial charge in [-0.1, -0.05) is 23.7 Å². The standard InChI is InChI=1S/C15H14ClN3O3/c16-10-3-1-2-9(6-10)11-7-12(11)15(22)17-13-4-5-19(18-13)8-14(20)21/h1-6,11-12H,7-8H2,(H,20,21)(H,17,18,22). The Balaban J connectivity index is 1.59. The van der Waals surface area contributed by atoms with Crippen molar-refractivity contribution in [2.45, 2.75) is 18.9 Å². The molecule has 114 valence electrons. The molecule has 2 atom stereocenters.